The lowest BCUT2D eigenvalue weighted by molar-refractivity contribution is 0.103. The van der Waals surface area contributed by atoms with Gasteiger partial charge in [0.25, 0.3) is 0 Å². The third-order valence-electron chi connectivity index (χ3n) is 3.16. The Kier molecular flexibility index (Phi) is 3.50. The second-order valence-electron chi connectivity index (χ2n) is 4.31. The molecule has 0 bridgehead atoms. The molecule has 2 atom stereocenters. The van der Waals surface area contributed by atoms with Crippen molar-refractivity contribution < 1.29 is 4.79 Å². The predicted molar refractivity (Wildman–Crippen MR) is 82.5 cm³/mol. The van der Waals surface area contributed by atoms with E-state index in [0.717, 1.165) is 11.1 Å². The molecule has 0 saturated heterocycles. The summed E-state index contributed by atoms with van der Waals surface area (Å²) in [7, 11) is 0. The van der Waals surface area contributed by atoms with Gasteiger partial charge in [0.2, 0.25) is 5.78 Å². The highest BCUT2D eigenvalue weighted by Crippen LogP contribution is 2.47. The molecule has 3 rings (SSSR count). The van der Waals surface area contributed by atoms with Crippen LogP contribution in [0.1, 0.15) is 36.8 Å². The summed E-state index contributed by atoms with van der Waals surface area (Å²) in [4.78, 5) is 16.8. The zero-order valence-corrected chi connectivity index (χ0v) is 13.5. The largest absolute Gasteiger partial charge is 0.287 e. The summed E-state index contributed by atoms with van der Waals surface area (Å²) >= 11 is 13.3. The van der Waals surface area contributed by atoms with Crippen LogP contribution in [0, 0.1) is 0 Å². The highest BCUT2D eigenvalue weighted by molar-refractivity contribution is 9.12. The quantitative estimate of drug-likeness (QED) is 0.591. The van der Waals surface area contributed by atoms with E-state index in [9.17, 15) is 4.79 Å². The van der Waals surface area contributed by atoms with E-state index in [0.29, 0.717) is 16.3 Å². The number of fused-ring (bicyclic) bond motifs is 2. The van der Waals surface area contributed by atoms with Gasteiger partial charge in [-0.3, -0.25) is 9.78 Å². The number of pyridine rings is 1. The van der Waals surface area contributed by atoms with Gasteiger partial charge in [-0.05, 0) is 35.4 Å². The van der Waals surface area contributed by atoms with Crippen LogP contribution in [0.3, 0.4) is 0 Å². The van der Waals surface area contributed by atoms with E-state index >= 15 is 0 Å². The molecule has 1 heterocycles. The minimum Gasteiger partial charge on any atom is -0.287 e. The van der Waals surface area contributed by atoms with E-state index in [1.54, 1.807) is 18.3 Å². The normalized spacial score (nSPS) is 21.5. The van der Waals surface area contributed by atoms with Crippen LogP contribution in [-0.4, -0.2) is 10.8 Å². The zero-order chi connectivity index (χ0) is 13.6. The molecule has 0 radical (unpaired) electrons. The summed E-state index contributed by atoms with van der Waals surface area (Å²) in [6.45, 7) is 0. The molecule has 5 heteroatoms. The van der Waals surface area contributed by atoms with Crippen LogP contribution in [0.2, 0.25) is 5.02 Å². The van der Waals surface area contributed by atoms with Gasteiger partial charge in [-0.2, -0.15) is 0 Å². The van der Waals surface area contributed by atoms with Crippen LogP contribution in [0.5, 0.6) is 0 Å². The fourth-order valence-electron chi connectivity index (χ4n) is 2.24. The van der Waals surface area contributed by atoms with Crippen molar-refractivity contribution in [1.82, 2.24) is 4.98 Å². The summed E-state index contributed by atoms with van der Waals surface area (Å²) < 4.78 is 0. The molecule has 2 unspecified atom stereocenters. The number of carbonyl (C=O) groups is 1. The van der Waals surface area contributed by atoms with E-state index in [2.05, 4.69) is 36.8 Å². The van der Waals surface area contributed by atoms with Crippen molar-refractivity contribution in [2.24, 2.45) is 0 Å². The van der Waals surface area contributed by atoms with Gasteiger partial charge in [-0.15, -0.1) is 0 Å². The first-order valence-electron chi connectivity index (χ1n) is 5.67. The van der Waals surface area contributed by atoms with E-state index in [4.69, 9.17) is 11.6 Å². The Morgan fingerprint density at radius 3 is 2.63 bits per heavy atom. The standard InChI is InChI=1S/C14H8Br2ClNO/c15-11-9-2-1-5-18-13(9)14(19)8-4-3-7(17)6-10(8)12(11)16/h1-6,11-12H. The molecule has 0 saturated carbocycles. The second-order valence-corrected chi connectivity index (χ2v) is 6.71. The van der Waals surface area contributed by atoms with Crippen LogP contribution in [0.4, 0.5) is 0 Å². The molecule has 1 aliphatic carbocycles. The third kappa shape index (κ3) is 2.16. The Morgan fingerprint density at radius 2 is 1.84 bits per heavy atom. The highest BCUT2D eigenvalue weighted by Gasteiger charge is 2.32. The number of aromatic nitrogens is 1. The van der Waals surface area contributed by atoms with Crippen molar-refractivity contribution in [3.63, 3.8) is 0 Å². The number of alkyl halides is 2. The van der Waals surface area contributed by atoms with Crippen molar-refractivity contribution in [3.8, 4) is 0 Å². The van der Waals surface area contributed by atoms with Crippen molar-refractivity contribution in [2.45, 2.75) is 9.65 Å². The lowest BCUT2D eigenvalue weighted by atomic mass is 10.0. The minimum absolute atomic E-state index is 0.0279. The van der Waals surface area contributed by atoms with Gasteiger partial charge in [0.15, 0.2) is 0 Å². The average Bonchev–Trinajstić information content (AvgIpc) is 2.51. The Balaban J connectivity index is 2.30. The van der Waals surface area contributed by atoms with Gasteiger partial charge in [-0.1, -0.05) is 49.5 Å². The SMILES string of the molecule is O=C1c2ccc(Cl)cc2C(Br)C(Br)c2cccnc21. The van der Waals surface area contributed by atoms with Crippen LogP contribution in [0.15, 0.2) is 36.5 Å². The minimum atomic E-state index is -0.0614. The average molecular weight is 401 g/mol. The Labute approximate surface area is 132 Å². The summed E-state index contributed by atoms with van der Waals surface area (Å²) in [6.07, 6.45) is 1.64. The summed E-state index contributed by atoms with van der Waals surface area (Å²) in [5, 5.41) is 0.620. The molecule has 2 aromatic rings. The van der Waals surface area contributed by atoms with E-state index < -0.39 is 0 Å². The van der Waals surface area contributed by atoms with Gasteiger partial charge >= 0.3 is 0 Å². The molecular weight excluding hydrogens is 393 g/mol. The van der Waals surface area contributed by atoms with Crippen molar-refractivity contribution in [1.29, 1.82) is 0 Å². The van der Waals surface area contributed by atoms with E-state index in [1.165, 1.54) is 0 Å². The van der Waals surface area contributed by atoms with Gasteiger partial charge in [0, 0.05) is 16.8 Å². The lowest BCUT2D eigenvalue weighted by Gasteiger charge is -2.16. The maximum Gasteiger partial charge on any atom is 0.211 e. The number of carbonyl (C=O) groups excluding carboxylic acids is 1. The van der Waals surface area contributed by atoms with Crippen LogP contribution < -0.4 is 0 Å². The number of hydrogen-bond acceptors (Lipinski definition) is 2. The molecule has 2 nitrogen and oxygen atoms in total. The van der Waals surface area contributed by atoms with Crippen molar-refractivity contribution >= 4 is 49.2 Å². The van der Waals surface area contributed by atoms with Crippen molar-refractivity contribution in [2.75, 3.05) is 0 Å². The summed E-state index contributed by atoms with van der Waals surface area (Å²) in [5.41, 5.74) is 2.92. The topological polar surface area (TPSA) is 30.0 Å². The first-order valence-corrected chi connectivity index (χ1v) is 7.87. The molecule has 96 valence electrons. The number of hydrogen-bond donors (Lipinski definition) is 0. The molecule has 0 spiro atoms. The van der Waals surface area contributed by atoms with Crippen LogP contribution >= 0.6 is 43.5 Å². The number of rotatable bonds is 0. The van der Waals surface area contributed by atoms with Crippen molar-refractivity contribution in [3.05, 3.63) is 63.9 Å². The fourth-order valence-corrected chi connectivity index (χ4v) is 3.74. The molecule has 0 fully saturated rings. The molecule has 1 aromatic heterocycles. The molecule has 0 aliphatic heterocycles. The number of nitrogens with zero attached hydrogens (tertiary/aromatic N) is 1. The Morgan fingerprint density at radius 1 is 1.11 bits per heavy atom. The summed E-state index contributed by atoms with van der Waals surface area (Å²) in [5.74, 6) is -0.0614. The number of benzene rings is 1. The molecule has 1 aromatic carbocycles. The van der Waals surface area contributed by atoms with E-state index in [1.807, 2.05) is 18.2 Å². The second kappa shape index (κ2) is 5.00. The lowest BCUT2D eigenvalue weighted by Crippen LogP contribution is -2.06. The van der Waals surface area contributed by atoms with Crippen LogP contribution in [-0.2, 0) is 0 Å². The third-order valence-corrected chi connectivity index (χ3v) is 6.15. The highest BCUT2D eigenvalue weighted by atomic mass is 79.9. The molecule has 0 N–H and O–H groups in total. The molecule has 0 amide bonds. The Bertz CT molecular complexity index is 674. The Hall–Kier alpha value is -0.710. The molecule has 1 aliphatic rings. The van der Waals surface area contributed by atoms with E-state index in [-0.39, 0.29) is 15.4 Å². The van der Waals surface area contributed by atoms with Crippen LogP contribution in [0.25, 0.3) is 0 Å². The molecular formula is C14H8Br2ClNO. The first-order chi connectivity index (χ1) is 9.09. The smallest absolute Gasteiger partial charge is 0.211 e. The maximum absolute atomic E-state index is 12.6. The predicted octanol–water partition coefficient (Wildman–Crippen LogP) is 4.85. The van der Waals surface area contributed by atoms with Gasteiger partial charge in [-0.25, -0.2) is 0 Å². The first kappa shape index (κ1) is 13.3. The fraction of sp³-hybridized carbons (Fsp3) is 0.143. The van der Waals surface area contributed by atoms with Gasteiger partial charge in [0.1, 0.15) is 5.69 Å². The number of halogens is 3. The maximum atomic E-state index is 12.6. The summed E-state index contributed by atoms with van der Waals surface area (Å²) in [6, 6.07) is 9.08. The number of ketones is 1. The van der Waals surface area contributed by atoms with Gasteiger partial charge < -0.3 is 0 Å². The zero-order valence-electron chi connectivity index (χ0n) is 9.61. The molecule has 19 heavy (non-hydrogen) atoms. The monoisotopic (exact) mass is 399 g/mol. The van der Waals surface area contributed by atoms with Gasteiger partial charge in [0.05, 0.1) is 9.65 Å².